The standard InChI is InChI=1S/C33H34N4O3/c38-30-16-15-29(32(39)34-30)37-19-25-17-22(11-14-28(25)33(37)40)18-36-26-12-13-27(36)21-35(20-26)31(23-7-3-1-4-8-23)24-9-5-2-6-10-24/h1-11,14,17,26-27,29,31H,12-13,15-16,18-21H2,(H,34,38,39). The fourth-order valence-corrected chi connectivity index (χ4v) is 7.31. The number of carbonyl (C=O) groups is 3. The highest BCUT2D eigenvalue weighted by Crippen LogP contribution is 2.38. The first-order valence-corrected chi connectivity index (χ1v) is 14.4. The third-order valence-corrected chi connectivity index (χ3v) is 9.21. The molecule has 4 aliphatic heterocycles. The number of nitrogens with one attached hydrogen (secondary N) is 1. The molecule has 3 atom stereocenters. The van der Waals surface area contributed by atoms with Gasteiger partial charge in [-0.2, -0.15) is 0 Å². The van der Waals surface area contributed by atoms with Crippen LogP contribution in [0.3, 0.4) is 0 Å². The average Bonchev–Trinajstić information content (AvgIpc) is 3.40. The van der Waals surface area contributed by atoms with Gasteiger partial charge >= 0.3 is 0 Å². The highest BCUT2D eigenvalue weighted by Gasteiger charge is 2.43. The lowest BCUT2D eigenvalue weighted by Crippen LogP contribution is -2.54. The van der Waals surface area contributed by atoms with Crippen LogP contribution in [0.5, 0.6) is 0 Å². The number of fused-ring (bicyclic) bond motifs is 3. The Hall–Kier alpha value is -3.81. The summed E-state index contributed by atoms with van der Waals surface area (Å²) in [6.07, 6.45) is 3.05. The summed E-state index contributed by atoms with van der Waals surface area (Å²) in [7, 11) is 0. The highest BCUT2D eigenvalue weighted by atomic mass is 16.2. The van der Waals surface area contributed by atoms with Crippen molar-refractivity contribution in [3.63, 3.8) is 0 Å². The molecule has 0 spiro atoms. The normalized spacial score (nSPS) is 25.0. The Morgan fingerprint density at radius 2 is 1.45 bits per heavy atom. The molecule has 3 aromatic carbocycles. The van der Waals surface area contributed by atoms with Gasteiger partial charge in [-0.05, 0) is 47.6 Å². The summed E-state index contributed by atoms with van der Waals surface area (Å²) in [5.41, 5.74) is 5.54. The fraction of sp³-hybridized carbons (Fsp3) is 0.364. The minimum atomic E-state index is -0.577. The van der Waals surface area contributed by atoms with Gasteiger partial charge in [0, 0.05) is 50.2 Å². The molecule has 7 nitrogen and oxygen atoms in total. The molecule has 4 aliphatic rings. The molecule has 3 unspecified atom stereocenters. The smallest absolute Gasteiger partial charge is 0.255 e. The first-order valence-electron chi connectivity index (χ1n) is 14.4. The maximum absolute atomic E-state index is 13.1. The SMILES string of the molecule is O=C1CCC(N2Cc3cc(CN4C5CCC4CN(C(c4ccccc4)c4ccccc4)C5)ccc3C2=O)C(=O)N1. The van der Waals surface area contributed by atoms with Gasteiger partial charge in [0.2, 0.25) is 11.8 Å². The molecule has 3 fully saturated rings. The van der Waals surface area contributed by atoms with Gasteiger partial charge in [-0.25, -0.2) is 0 Å². The number of carbonyl (C=O) groups excluding carboxylic acids is 3. The van der Waals surface area contributed by atoms with E-state index in [2.05, 4.69) is 87.9 Å². The maximum atomic E-state index is 13.1. The molecule has 2 bridgehead atoms. The lowest BCUT2D eigenvalue weighted by Gasteiger charge is -2.44. The van der Waals surface area contributed by atoms with E-state index in [4.69, 9.17) is 0 Å². The van der Waals surface area contributed by atoms with Crippen molar-refractivity contribution in [1.82, 2.24) is 20.0 Å². The number of amides is 3. The number of hydrogen-bond donors (Lipinski definition) is 1. The van der Waals surface area contributed by atoms with Crippen LogP contribution in [-0.2, 0) is 22.7 Å². The Labute approximate surface area is 234 Å². The quantitative estimate of drug-likeness (QED) is 0.486. The van der Waals surface area contributed by atoms with E-state index in [1.165, 1.54) is 29.5 Å². The molecule has 3 aromatic rings. The summed E-state index contributed by atoms with van der Waals surface area (Å²) in [6, 6.07) is 28.5. The van der Waals surface area contributed by atoms with Crippen LogP contribution in [-0.4, -0.2) is 63.6 Å². The van der Waals surface area contributed by atoms with Crippen LogP contribution in [0.1, 0.15) is 64.3 Å². The summed E-state index contributed by atoms with van der Waals surface area (Å²) in [6.45, 7) is 3.34. The lowest BCUT2D eigenvalue weighted by molar-refractivity contribution is -0.136. The van der Waals surface area contributed by atoms with Gasteiger partial charge in [-0.15, -0.1) is 0 Å². The second-order valence-electron chi connectivity index (χ2n) is 11.6. The Morgan fingerprint density at radius 1 is 0.800 bits per heavy atom. The molecule has 3 amide bonds. The molecule has 0 aliphatic carbocycles. The predicted octanol–water partition coefficient (Wildman–Crippen LogP) is 3.89. The molecular formula is C33H34N4O3. The Morgan fingerprint density at radius 3 is 2.08 bits per heavy atom. The average molecular weight is 535 g/mol. The van der Waals surface area contributed by atoms with Crippen molar-refractivity contribution < 1.29 is 14.4 Å². The van der Waals surface area contributed by atoms with Crippen molar-refractivity contribution in [1.29, 1.82) is 0 Å². The monoisotopic (exact) mass is 534 g/mol. The van der Waals surface area contributed by atoms with Crippen molar-refractivity contribution in [3.8, 4) is 0 Å². The Kier molecular flexibility index (Phi) is 6.48. The number of hydrogen-bond acceptors (Lipinski definition) is 5. The molecule has 204 valence electrons. The molecule has 0 radical (unpaired) electrons. The van der Waals surface area contributed by atoms with E-state index < -0.39 is 6.04 Å². The lowest BCUT2D eigenvalue weighted by atomic mass is 9.95. The van der Waals surface area contributed by atoms with Gasteiger partial charge in [0.1, 0.15) is 6.04 Å². The van der Waals surface area contributed by atoms with Crippen molar-refractivity contribution in [2.24, 2.45) is 0 Å². The number of benzene rings is 3. The summed E-state index contributed by atoms with van der Waals surface area (Å²) >= 11 is 0. The van der Waals surface area contributed by atoms with Gasteiger partial charge in [0.15, 0.2) is 0 Å². The van der Waals surface area contributed by atoms with Gasteiger partial charge < -0.3 is 4.90 Å². The van der Waals surface area contributed by atoms with Crippen LogP contribution in [0.25, 0.3) is 0 Å². The van der Waals surface area contributed by atoms with E-state index >= 15 is 0 Å². The number of piperidine rings is 1. The van der Waals surface area contributed by atoms with E-state index in [1.54, 1.807) is 4.90 Å². The van der Waals surface area contributed by atoms with E-state index in [0.29, 0.717) is 30.6 Å². The van der Waals surface area contributed by atoms with Crippen LogP contribution >= 0.6 is 0 Å². The molecule has 3 saturated heterocycles. The second-order valence-corrected chi connectivity index (χ2v) is 11.6. The Bertz CT molecular complexity index is 1390. The minimum absolute atomic E-state index is 0.113. The molecular weight excluding hydrogens is 500 g/mol. The molecule has 1 N–H and O–H groups in total. The maximum Gasteiger partial charge on any atom is 0.255 e. The summed E-state index contributed by atoms with van der Waals surface area (Å²) in [5.74, 6) is -0.740. The van der Waals surface area contributed by atoms with Crippen LogP contribution in [0.2, 0.25) is 0 Å². The van der Waals surface area contributed by atoms with E-state index in [0.717, 1.165) is 25.2 Å². The second kappa shape index (κ2) is 10.3. The third-order valence-electron chi connectivity index (χ3n) is 9.21. The van der Waals surface area contributed by atoms with Gasteiger partial charge in [-0.3, -0.25) is 29.5 Å². The third kappa shape index (κ3) is 4.53. The predicted molar refractivity (Wildman–Crippen MR) is 151 cm³/mol. The van der Waals surface area contributed by atoms with E-state index in [-0.39, 0.29) is 30.2 Å². The Balaban J connectivity index is 1.07. The summed E-state index contributed by atoms with van der Waals surface area (Å²) < 4.78 is 0. The zero-order valence-electron chi connectivity index (χ0n) is 22.5. The number of likely N-dealkylation sites (tertiary alicyclic amines) is 1. The van der Waals surface area contributed by atoms with Crippen LogP contribution in [0.4, 0.5) is 0 Å². The topological polar surface area (TPSA) is 73.0 Å². The van der Waals surface area contributed by atoms with Gasteiger partial charge in [0.25, 0.3) is 5.91 Å². The molecule has 7 rings (SSSR count). The fourth-order valence-electron chi connectivity index (χ4n) is 7.31. The van der Waals surface area contributed by atoms with E-state index in [1.807, 2.05) is 6.07 Å². The van der Waals surface area contributed by atoms with Crippen LogP contribution in [0.15, 0.2) is 78.9 Å². The zero-order chi connectivity index (χ0) is 27.2. The first-order chi connectivity index (χ1) is 19.5. The van der Waals surface area contributed by atoms with Crippen molar-refractivity contribution >= 4 is 17.7 Å². The molecule has 40 heavy (non-hydrogen) atoms. The highest BCUT2D eigenvalue weighted by molar-refractivity contribution is 6.05. The van der Waals surface area contributed by atoms with Crippen molar-refractivity contribution in [3.05, 3.63) is 107 Å². The van der Waals surface area contributed by atoms with Crippen molar-refractivity contribution in [2.75, 3.05) is 13.1 Å². The number of imide groups is 1. The molecule has 0 saturated carbocycles. The van der Waals surface area contributed by atoms with E-state index in [9.17, 15) is 14.4 Å². The first kappa shape index (κ1) is 25.2. The summed E-state index contributed by atoms with van der Waals surface area (Å²) in [4.78, 5) is 44.1. The minimum Gasteiger partial charge on any atom is -0.322 e. The van der Waals surface area contributed by atoms with Gasteiger partial charge in [0.05, 0.1) is 6.04 Å². The van der Waals surface area contributed by atoms with Crippen molar-refractivity contribution in [2.45, 2.75) is 62.9 Å². The number of rotatable bonds is 6. The molecule has 4 heterocycles. The van der Waals surface area contributed by atoms with Crippen LogP contribution in [0, 0.1) is 0 Å². The zero-order valence-corrected chi connectivity index (χ0v) is 22.5. The summed E-state index contributed by atoms with van der Waals surface area (Å²) in [5, 5.41) is 2.39. The number of piperazine rings is 1. The number of nitrogens with zero attached hydrogens (tertiary/aromatic N) is 3. The van der Waals surface area contributed by atoms with Crippen LogP contribution < -0.4 is 5.32 Å². The molecule has 7 heteroatoms. The largest absolute Gasteiger partial charge is 0.322 e. The molecule has 0 aromatic heterocycles. The van der Waals surface area contributed by atoms with Gasteiger partial charge in [-0.1, -0.05) is 72.8 Å².